The monoisotopic (exact) mass is 386 g/mol. The van der Waals surface area contributed by atoms with Crippen molar-refractivity contribution in [3.05, 3.63) is 45.6 Å². The Morgan fingerprint density at radius 3 is 2.65 bits per heavy atom. The predicted molar refractivity (Wildman–Crippen MR) is 109 cm³/mol. The van der Waals surface area contributed by atoms with Gasteiger partial charge in [0.15, 0.2) is 11.0 Å². The number of carbonyl (C=O) groups is 1. The molecule has 3 aromatic rings. The second kappa shape index (κ2) is 8.05. The van der Waals surface area contributed by atoms with Crippen LogP contribution in [0.2, 0.25) is 0 Å². The summed E-state index contributed by atoms with van der Waals surface area (Å²) in [5.74, 6) is 1.13. The van der Waals surface area contributed by atoms with Crippen molar-refractivity contribution in [2.75, 3.05) is 11.1 Å². The number of para-hydroxylation sites is 1. The summed E-state index contributed by atoms with van der Waals surface area (Å²) >= 11 is 3.14. The van der Waals surface area contributed by atoms with Gasteiger partial charge in [-0.3, -0.25) is 4.79 Å². The number of thiophene rings is 1. The van der Waals surface area contributed by atoms with Gasteiger partial charge in [-0.1, -0.05) is 30.0 Å². The number of carbonyl (C=O) groups excluding carboxylic acids is 1. The van der Waals surface area contributed by atoms with E-state index in [2.05, 4.69) is 46.2 Å². The van der Waals surface area contributed by atoms with Crippen LogP contribution in [0.4, 0.5) is 5.69 Å². The van der Waals surface area contributed by atoms with Crippen LogP contribution in [-0.4, -0.2) is 26.4 Å². The molecule has 7 heteroatoms. The number of thioether (sulfide) groups is 1. The molecule has 1 N–H and O–H groups in total. The highest BCUT2D eigenvalue weighted by Crippen LogP contribution is 2.31. The van der Waals surface area contributed by atoms with Gasteiger partial charge in [-0.2, -0.15) is 0 Å². The van der Waals surface area contributed by atoms with Gasteiger partial charge >= 0.3 is 0 Å². The minimum atomic E-state index is -0.0425. The van der Waals surface area contributed by atoms with Crippen LogP contribution in [-0.2, 0) is 11.3 Å². The Morgan fingerprint density at radius 2 is 2.00 bits per heavy atom. The standard InChI is InChI=1S/C19H22N4OS2/c1-5-23-18(15-10-25-14(4)13(15)3)21-22-19(23)26-11-17(24)20-16-9-7-6-8-12(16)2/h6-10H,5,11H2,1-4H3,(H,20,24). The molecule has 0 bridgehead atoms. The summed E-state index contributed by atoms with van der Waals surface area (Å²) in [4.78, 5) is 13.6. The SMILES string of the molecule is CCn1c(SCC(=O)Nc2ccccc2C)nnc1-c1csc(C)c1C. The van der Waals surface area contributed by atoms with E-state index >= 15 is 0 Å². The Bertz CT molecular complexity index is 930. The Morgan fingerprint density at radius 1 is 1.23 bits per heavy atom. The van der Waals surface area contributed by atoms with Crippen molar-refractivity contribution in [2.24, 2.45) is 0 Å². The van der Waals surface area contributed by atoms with Gasteiger partial charge in [0.1, 0.15) is 0 Å². The number of nitrogens with one attached hydrogen (secondary N) is 1. The van der Waals surface area contributed by atoms with Gasteiger partial charge in [0.2, 0.25) is 5.91 Å². The highest BCUT2D eigenvalue weighted by atomic mass is 32.2. The van der Waals surface area contributed by atoms with E-state index < -0.39 is 0 Å². The molecule has 0 aliphatic heterocycles. The first-order valence-electron chi connectivity index (χ1n) is 8.47. The third kappa shape index (κ3) is 3.83. The van der Waals surface area contributed by atoms with Crippen LogP contribution in [0.15, 0.2) is 34.8 Å². The molecule has 0 saturated heterocycles. The zero-order valence-electron chi connectivity index (χ0n) is 15.4. The normalized spacial score (nSPS) is 10.9. The maximum Gasteiger partial charge on any atom is 0.234 e. The minimum Gasteiger partial charge on any atom is -0.325 e. The first-order chi connectivity index (χ1) is 12.5. The van der Waals surface area contributed by atoms with Crippen molar-refractivity contribution in [3.63, 3.8) is 0 Å². The molecule has 0 spiro atoms. The molecule has 0 aliphatic carbocycles. The van der Waals surface area contributed by atoms with Crippen molar-refractivity contribution in [3.8, 4) is 11.4 Å². The molecule has 0 atom stereocenters. The van der Waals surface area contributed by atoms with E-state index in [9.17, 15) is 4.79 Å². The second-order valence-corrected chi connectivity index (χ2v) is 8.06. The van der Waals surface area contributed by atoms with Crippen molar-refractivity contribution < 1.29 is 4.79 Å². The van der Waals surface area contributed by atoms with E-state index in [-0.39, 0.29) is 5.91 Å². The molecule has 5 nitrogen and oxygen atoms in total. The van der Waals surface area contributed by atoms with Gasteiger partial charge < -0.3 is 9.88 Å². The maximum atomic E-state index is 12.3. The average molecular weight is 387 g/mol. The van der Waals surface area contributed by atoms with Crippen LogP contribution in [0.25, 0.3) is 11.4 Å². The number of benzene rings is 1. The zero-order chi connectivity index (χ0) is 18.7. The molecular weight excluding hydrogens is 364 g/mol. The van der Waals surface area contributed by atoms with Crippen molar-refractivity contribution in [1.82, 2.24) is 14.8 Å². The van der Waals surface area contributed by atoms with Crippen LogP contribution in [0.1, 0.15) is 22.9 Å². The molecule has 2 heterocycles. The number of rotatable bonds is 6. The first kappa shape index (κ1) is 18.7. The Kier molecular flexibility index (Phi) is 5.78. The number of aryl methyl sites for hydroxylation is 2. The molecule has 3 rings (SSSR count). The van der Waals surface area contributed by atoms with Crippen LogP contribution >= 0.6 is 23.1 Å². The smallest absolute Gasteiger partial charge is 0.234 e. The number of nitrogens with zero attached hydrogens (tertiary/aromatic N) is 3. The van der Waals surface area contributed by atoms with Gasteiger partial charge in [-0.25, -0.2) is 0 Å². The lowest BCUT2D eigenvalue weighted by atomic mass is 10.1. The highest BCUT2D eigenvalue weighted by Gasteiger charge is 2.17. The Labute approximate surface area is 161 Å². The molecule has 0 aliphatic rings. The van der Waals surface area contributed by atoms with E-state index in [0.29, 0.717) is 5.75 Å². The average Bonchev–Trinajstić information content (AvgIpc) is 3.18. The number of hydrogen-bond donors (Lipinski definition) is 1. The lowest BCUT2D eigenvalue weighted by Gasteiger charge is -2.09. The first-order valence-corrected chi connectivity index (χ1v) is 10.3. The summed E-state index contributed by atoms with van der Waals surface area (Å²) in [5, 5.41) is 14.5. The van der Waals surface area contributed by atoms with Crippen molar-refractivity contribution in [2.45, 2.75) is 39.4 Å². The van der Waals surface area contributed by atoms with Gasteiger partial charge in [0.25, 0.3) is 0 Å². The summed E-state index contributed by atoms with van der Waals surface area (Å²) < 4.78 is 2.07. The molecule has 1 amide bonds. The van der Waals surface area contributed by atoms with E-state index in [1.165, 1.54) is 22.2 Å². The molecule has 26 heavy (non-hydrogen) atoms. The predicted octanol–water partition coefficient (Wildman–Crippen LogP) is 4.68. The van der Waals surface area contributed by atoms with E-state index in [4.69, 9.17) is 0 Å². The Balaban J connectivity index is 1.72. The van der Waals surface area contributed by atoms with Gasteiger partial charge in [0.05, 0.1) is 5.75 Å². The summed E-state index contributed by atoms with van der Waals surface area (Å²) in [7, 11) is 0. The van der Waals surface area contributed by atoms with Crippen LogP contribution < -0.4 is 5.32 Å². The topological polar surface area (TPSA) is 59.8 Å². The van der Waals surface area contributed by atoms with Gasteiger partial charge in [-0.15, -0.1) is 21.5 Å². The lowest BCUT2D eigenvalue weighted by molar-refractivity contribution is -0.113. The molecule has 2 aromatic heterocycles. The lowest BCUT2D eigenvalue weighted by Crippen LogP contribution is -2.15. The highest BCUT2D eigenvalue weighted by molar-refractivity contribution is 7.99. The fraction of sp³-hybridized carbons (Fsp3) is 0.316. The maximum absolute atomic E-state index is 12.3. The van der Waals surface area contributed by atoms with Crippen molar-refractivity contribution in [1.29, 1.82) is 0 Å². The molecule has 0 saturated carbocycles. The van der Waals surface area contributed by atoms with Crippen LogP contribution in [0.3, 0.4) is 0 Å². The second-order valence-electron chi connectivity index (χ2n) is 6.03. The minimum absolute atomic E-state index is 0.0425. The van der Waals surface area contributed by atoms with Crippen molar-refractivity contribution >= 4 is 34.7 Å². The van der Waals surface area contributed by atoms with Crippen LogP contribution in [0.5, 0.6) is 0 Å². The third-order valence-corrected chi connectivity index (χ3v) is 6.29. The molecule has 0 fully saturated rings. The molecular formula is C19H22N4OS2. The van der Waals surface area contributed by atoms with E-state index in [0.717, 1.165) is 34.3 Å². The largest absolute Gasteiger partial charge is 0.325 e. The Hall–Kier alpha value is -2.12. The van der Waals surface area contributed by atoms with E-state index in [1.807, 2.05) is 31.2 Å². The van der Waals surface area contributed by atoms with Crippen LogP contribution in [0, 0.1) is 20.8 Å². The summed E-state index contributed by atoms with van der Waals surface area (Å²) in [6, 6.07) is 7.76. The summed E-state index contributed by atoms with van der Waals surface area (Å²) in [6.07, 6.45) is 0. The quantitative estimate of drug-likeness (QED) is 0.625. The molecule has 136 valence electrons. The van der Waals surface area contributed by atoms with E-state index in [1.54, 1.807) is 11.3 Å². The van der Waals surface area contributed by atoms with Gasteiger partial charge in [0, 0.05) is 28.1 Å². The third-order valence-electron chi connectivity index (χ3n) is 4.31. The fourth-order valence-corrected chi connectivity index (χ4v) is 4.31. The summed E-state index contributed by atoms with van der Waals surface area (Å²) in [5.41, 5.74) is 4.26. The number of aromatic nitrogens is 3. The molecule has 1 aromatic carbocycles. The number of amides is 1. The number of hydrogen-bond acceptors (Lipinski definition) is 5. The fourth-order valence-electron chi connectivity index (χ4n) is 2.64. The van der Waals surface area contributed by atoms with Gasteiger partial charge in [-0.05, 0) is 44.9 Å². The summed E-state index contributed by atoms with van der Waals surface area (Å²) in [6.45, 7) is 9.03. The zero-order valence-corrected chi connectivity index (χ0v) is 17.0. The molecule has 0 radical (unpaired) electrons. The molecule has 0 unspecified atom stereocenters. The number of anilines is 1.